The van der Waals surface area contributed by atoms with Gasteiger partial charge >= 0.3 is 0 Å². The van der Waals surface area contributed by atoms with Crippen molar-refractivity contribution in [3.63, 3.8) is 0 Å². The monoisotopic (exact) mass is 379 g/mol. The van der Waals surface area contributed by atoms with Gasteiger partial charge in [0.25, 0.3) is 5.91 Å². The first-order chi connectivity index (χ1) is 13.1. The third-order valence-corrected chi connectivity index (χ3v) is 4.70. The number of rotatable bonds is 5. The molecule has 0 unspecified atom stereocenters. The van der Waals surface area contributed by atoms with Crippen molar-refractivity contribution < 1.29 is 18.4 Å². The molecule has 0 atom stereocenters. The Balaban J connectivity index is 1.71. The Hall–Kier alpha value is -3.52. The lowest BCUT2D eigenvalue weighted by Crippen LogP contribution is -2.10. The van der Waals surface area contributed by atoms with E-state index in [0.29, 0.717) is 21.9 Å². The van der Waals surface area contributed by atoms with Gasteiger partial charge in [0.1, 0.15) is 10.6 Å². The summed E-state index contributed by atoms with van der Waals surface area (Å²) in [5.74, 6) is -0.103. The summed E-state index contributed by atoms with van der Waals surface area (Å²) < 4.78 is 10.5. The number of hydrogen-bond acceptors (Lipinski definition) is 7. The number of hydrogen-bond donors (Lipinski definition) is 1. The Morgan fingerprint density at radius 2 is 1.89 bits per heavy atom. The van der Waals surface area contributed by atoms with Gasteiger partial charge in [-0.1, -0.05) is 11.3 Å². The van der Waals surface area contributed by atoms with Crippen molar-refractivity contribution in [3.05, 3.63) is 77.0 Å². The number of aromatic nitrogens is 2. The Labute approximate surface area is 157 Å². The number of pyridine rings is 1. The Morgan fingerprint density at radius 3 is 2.56 bits per heavy atom. The predicted octanol–water partition coefficient (Wildman–Crippen LogP) is 4.18. The molecule has 0 saturated heterocycles. The quantitative estimate of drug-likeness (QED) is 0.522. The zero-order valence-electron chi connectivity index (χ0n) is 14.1. The molecule has 0 aliphatic carbocycles. The van der Waals surface area contributed by atoms with Crippen LogP contribution in [0.4, 0.5) is 5.13 Å². The molecule has 0 spiro atoms. The minimum absolute atomic E-state index is 0.153. The van der Waals surface area contributed by atoms with Gasteiger partial charge in [0, 0.05) is 17.5 Å². The lowest BCUT2D eigenvalue weighted by molar-refractivity contribution is 0.0995. The van der Waals surface area contributed by atoms with Gasteiger partial charge in [0.2, 0.25) is 5.78 Å². The summed E-state index contributed by atoms with van der Waals surface area (Å²) in [6.07, 6.45) is 4.42. The predicted molar refractivity (Wildman–Crippen MR) is 98.9 cm³/mol. The second kappa shape index (κ2) is 7.00. The molecule has 0 aliphatic rings. The summed E-state index contributed by atoms with van der Waals surface area (Å²) in [6, 6.07) is 10.0. The van der Waals surface area contributed by atoms with Crippen LogP contribution >= 0.6 is 11.3 Å². The van der Waals surface area contributed by atoms with Crippen LogP contribution in [0.25, 0.3) is 11.5 Å². The molecule has 1 amide bonds. The summed E-state index contributed by atoms with van der Waals surface area (Å²) in [4.78, 5) is 34.1. The minimum atomic E-state index is -0.448. The van der Waals surface area contributed by atoms with E-state index in [1.165, 1.54) is 18.7 Å². The van der Waals surface area contributed by atoms with Crippen molar-refractivity contribution in [2.75, 3.05) is 5.32 Å². The lowest BCUT2D eigenvalue weighted by atomic mass is 10.1. The van der Waals surface area contributed by atoms with E-state index in [1.54, 1.807) is 36.4 Å². The zero-order valence-corrected chi connectivity index (χ0v) is 14.9. The molecule has 0 fully saturated rings. The van der Waals surface area contributed by atoms with Crippen molar-refractivity contribution in [1.82, 2.24) is 9.97 Å². The number of anilines is 1. The number of aryl methyl sites for hydroxylation is 1. The first-order valence-electron chi connectivity index (χ1n) is 7.99. The van der Waals surface area contributed by atoms with Crippen molar-refractivity contribution in [2.24, 2.45) is 0 Å². The molecule has 0 aliphatic heterocycles. The average molecular weight is 379 g/mol. The van der Waals surface area contributed by atoms with Gasteiger partial charge in [-0.25, -0.2) is 4.98 Å². The molecule has 0 bridgehead atoms. The minimum Gasteiger partial charge on any atom is -0.463 e. The van der Waals surface area contributed by atoms with Gasteiger partial charge in [-0.05, 0) is 43.3 Å². The molecule has 1 N–H and O–H groups in total. The lowest BCUT2D eigenvalue weighted by Gasteiger charge is -2.00. The molecule has 0 radical (unpaired) electrons. The van der Waals surface area contributed by atoms with E-state index >= 15 is 0 Å². The largest absolute Gasteiger partial charge is 0.463 e. The van der Waals surface area contributed by atoms with Crippen molar-refractivity contribution in [1.29, 1.82) is 0 Å². The maximum absolute atomic E-state index is 13.0. The van der Waals surface area contributed by atoms with E-state index in [9.17, 15) is 9.59 Å². The van der Waals surface area contributed by atoms with E-state index in [0.717, 1.165) is 17.0 Å². The second-order valence-electron chi connectivity index (χ2n) is 5.62. The molecule has 27 heavy (non-hydrogen) atoms. The smallest absolute Gasteiger partial charge is 0.293 e. The molecule has 134 valence electrons. The SMILES string of the molecule is Cc1ccc(C(=O)c2sc(NC(=O)c3ccco3)nc2-c2ccco2)cn1. The summed E-state index contributed by atoms with van der Waals surface area (Å²) >= 11 is 1.07. The molecular weight excluding hydrogens is 366 g/mol. The van der Waals surface area contributed by atoms with Crippen LogP contribution in [0.5, 0.6) is 0 Å². The molecule has 4 rings (SSSR count). The van der Waals surface area contributed by atoms with Gasteiger partial charge in [-0.15, -0.1) is 0 Å². The summed E-state index contributed by atoms with van der Waals surface area (Å²) in [5.41, 5.74) is 1.61. The average Bonchev–Trinajstić information content (AvgIpc) is 3.42. The maximum atomic E-state index is 13.0. The fourth-order valence-electron chi connectivity index (χ4n) is 2.41. The first kappa shape index (κ1) is 16.9. The fourth-order valence-corrected chi connectivity index (χ4v) is 3.33. The van der Waals surface area contributed by atoms with E-state index in [4.69, 9.17) is 8.83 Å². The van der Waals surface area contributed by atoms with E-state index in [1.807, 2.05) is 6.92 Å². The first-order valence-corrected chi connectivity index (χ1v) is 8.80. The van der Waals surface area contributed by atoms with Crippen LogP contribution < -0.4 is 5.32 Å². The zero-order chi connectivity index (χ0) is 18.8. The number of thiazole rings is 1. The van der Waals surface area contributed by atoms with Crippen molar-refractivity contribution in [2.45, 2.75) is 6.92 Å². The van der Waals surface area contributed by atoms with Gasteiger partial charge < -0.3 is 8.83 Å². The number of carbonyl (C=O) groups is 2. The highest BCUT2D eigenvalue weighted by atomic mass is 32.1. The maximum Gasteiger partial charge on any atom is 0.293 e. The standard InChI is InChI=1S/C19H13N3O4S/c1-11-6-7-12(10-20-11)16(23)17-15(13-4-2-8-25-13)21-19(27-17)22-18(24)14-5-3-9-26-14/h2-10H,1H3,(H,21,22,24). The van der Waals surface area contributed by atoms with Gasteiger partial charge in [-0.2, -0.15) is 0 Å². The van der Waals surface area contributed by atoms with Crippen LogP contribution in [-0.2, 0) is 0 Å². The Morgan fingerprint density at radius 1 is 1.07 bits per heavy atom. The van der Waals surface area contributed by atoms with E-state index in [-0.39, 0.29) is 16.7 Å². The number of furan rings is 2. The molecule has 0 saturated carbocycles. The molecule has 8 heteroatoms. The van der Waals surface area contributed by atoms with Crippen LogP contribution in [0.15, 0.2) is 64.0 Å². The molecular formula is C19H13N3O4S. The van der Waals surface area contributed by atoms with Gasteiger partial charge in [-0.3, -0.25) is 19.9 Å². The molecule has 4 heterocycles. The highest BCUT2D eigenvalue weighted by Gasteiger charge is 2.24. The van der Waals surface area contributed by atoms with Crippen molar-refractivity contribution >= 4 is 28.2 Å². The van der Waals surface area contributed by atoms with Crippen LogP contribution in [0.3, 0.4) is 0 Å². The summed E-state index contributed by atoms with van der Waals surface area (Å²) in [6.45, 7) is 1.84. The van der Waals surface area contributed by atoms with Crippen LogP contribution in [0.2, 0.25) is 0 Å². The highest BCUT2D eigenvalue weighted by Crippen LogP contribution is 2.33. The second-order valence-corrected chi connectivity index (χ2v) is 6.62. The summed E-state index contributed by atoms with van der Waals surface area (Å²) in [5, 5.41) is 2.92. The molecule has 4 aromatic heterocycles. The molecule has 4 aromatic rings. The Bertz CT molecular complexity index is 1080. The molecule has 0 aromatic carbocycles. The van der Waals surface area contributed by atoms with Crippen LogP contribution in [0, 0.1) is 6.92 Å². The van der Waals surface area contributed by atoms with Crippen LogP contribution in [0.1, 0.15) is 31.5 Å². The third kappa shape index (κ3) is 3.42. The van der Waals surface area contributed by atoms with Gasteiger partial charge in [0.15, 0.2) is 16.7 Å². The van der Waals surface area contributed by atoms with Crippen LogP contribution in [-0.4, -0.2) is 21.7 Å². The molecule has 7 nitrogen and oxygen atoms in total. The number of amides is 1. The Kier molecular flexibility index (Phi) is 4.39. The van der Waals surface area contributed by atoms with Crippen molar-refractivity contribution in [3.8, 4) is 11.5 Å². The topological polar surface area (TPSA) is 98.2 Å². The highest BCUT2D eigenvalue weighted by molar-refractivity contribution is 7.18. The normalized spacial score (nSPS) is 10.7. The van der Waals surface area contributed by atoms with E-state index in [2.05, 4.69) is 15.3 Å². The number of carbonyl (C=O) groups excluding carboxylic acids is 2. The number of ketones is 1. The van der Waals surface area contributed by atoms with Gasteiger partial charge in [0.05, 0.1) is 12.5 Å². The number of nitrogens with one attached hydrogen (secondary N) is 1. The fraction of sp³-hybridized carbons (Fsp3) is 0.0526. The number of nitrogens with zero attached hydrogens (tertiary/aromatic N) is 2. The van der Waals surface area contributed by atoms with E-state index < -0.39 is 5.91 Å². The summed E-state index contributed by atoms with van der Waals surface area (Å²) in [7, 11) is 0. The third-order valence-electron chi connectivity index (χ3n) is 3.73.